The summed E-state index contributed by atoms with van der Waals surface area (Å²) >= 11 is 0. The van der Waals surface area contributed by atoms with Gasteiger partial charge in [0.05, 0.1) is 5.41 Å². The highest BCUT2D eigenvalue weighted by Gasteiger charge is 2.41. The third-order valence-electron chi connectivity index (χ3n) is 5.26. The molecule has 114 valence electrons. The molecule has 0 aromatic rings. The van der Waals surface area contributed by atoms with Crippen molar-refractivity contribution in [2.24, 2.45) is 11.3 Å². The van der Waals surface area contributed by atoms with Crippen LogP contribution in [0.5, 0.6) is 0 Å². The Labute approximate surface area is 121 Å². The van der Waals surface area contributed by atoms with Gasteiger partial charge in [0.15, 0.2) is 0 Å². The lowest BCUT2D eigenvalue weighted by atomic mass is 9.71. The van der Waals surface area contributed by atoms with Gasteiger partial charge in [0, 0.05) is 12.5 Å². The van der Waals surface area contributed by atoms with Crippen molar-refractivity contribution in [1.82, 2.24) is 5.32 Å². The molecular weight excluding hydrogens is 254 g/mol. The van der Waals surface area contributed by atoms with Crippen LogP contribution >= 0.6 is 0 Å². The summed E-state index contributed by atoms with van der Waals surface area (Å²) < 4.78 is 0. The predicted molar refractivity (Wildman–Crippen MR) is 77.3 cm³/mol. The van der Waals surface area contributed by atoms with Crippen molar-refractivity contribution in [1.29, 1.82) is 0 Å². The monoisotopic (exact) mass is 281 g/mol. The zero-order valence-electron chi connectivity index (χ0n) is 12.5. The Hall–Kier alpha value is -1.06. The maximum atomic E-state index is 12.2. The Morgan fingerprint density at radius 3 is 2.30 bits per heavy atom. The summed E-state index contributed by atoms with van der Waals surface area (Å²) in [6.07, 6.45) is 9.27. The molecule has 0 aliphatic heterocycles. The van der Waals surface area contributed by atoms with Gasteiger partial charge in [-0.25, -0.2) is 0 Å². The van der Waals surface area contributed by atoms with Crippen LogP contribution in [0, 0.1) is 11.3 Å². The Bertz CT molecular complexity index is 355. The van der Waals surface area contributed by atoms with E-state index in [4.69, 9.17) is 0 Å². The Kier molecular flexibility index (Phi) is 5.06. The second kappa shape index (κ2) is 6.59. The third kappa shape index (κ3) is 3.53. The molecule has 2 rings (SSSR count). The van der Waals surface area contributed by atoms with Crippen molar-refractivity contribution < 1.29 is 14.7 Å². The average molecular weight is 281 g/mol. The molecule has 2 aliphatic carbocycles. The Morgan fingerprint density at radius 1 is 1.15 bits per heavy atom. The number of carbonyl (C=O) groups is 2. The first kappa shape index (κ1) is 15.3. The normalized spacial score (nSPS) is 24.2. The topological polar surface area (TPSA) is 66.4 Å². The zero-order chi connectivity index (χ0) is 14.6. The highest BCUT2D eigenvalue weighted by Crippen LogP contribution is 2.39. The number of carboxylic acid groups (broad SMARTS) is 1. The van der Waals surface area contributed by atoms with Crippen molar-refractivity contribution in [3.8, 4) is 0 Å². The molecule has 0 saturated heterocycles. The number of amides is 1. The molecule has 2 N–H and O–H groups in total. The van der Waals surface area contributed by atoms with Crippen LogP contribution in [0.1, 0.15) is 71.1 Å². The van der Waals surface area contributed by atoms with Gasteiger partial charge in [-0.1, -0.05) is 32.1 Å². The molecule has 2 aliphatic rings. The molecule has 2 saturated carbocycles. The number of rotatable bonds is 5. The van der Waals surface area contributed by atoms with Gasteiger partial charge in [-0.05, 0) is 38.5 Å². The van der Waals surface area contributed by atoms with Gasteiger partial charge in [0.1, 0.15) is 0 Å². The maximum absolute atomic E-state index is 12.2. The third-order valence-corrected chi connectivity index (χ3v) is 5.26. The number of hydrogen-bond acceptors (Lipinski definition) is 2. The van der Waals surface area contributed by atoms with Crippen LogP contribution in [0.2, 0.25) is 0 Å². The van der Waals surface area contributed by atoms with E-state index in [1.807, 2.05) is 0 Å². The minimum absolute atomic E-state index is 0.0753. The Morgan fingerprint density at radius 2 is 1.75 bits per heavy atom. The summed E-state index contributed by atoms with van der Waals surface area (Å²) in [6, 6.07) is 0.180. The van der Waals surface area contributed by atoms with E-state index in [-0.39, 0.29) is 18.4 Å². The molecule has 2 fully saturated rings. The van der Waals surface area contributed by atoms with Gasteiger partial charge >= 0.3 is 5.97 Å². The minimum atomic E-state index is -0.808. The number of nitrogens with one attached hydrogen (secondary N) is 1. The average Bonchev–Trinajstić information content (AvgIpc) is 2.93. The molecule has 0 unspecified atom stereocenters. The summed E-state index contributed by atoms with van der Waals surface area (Å²) in [6.45, 7) is 2.06. The van der Waals surface area contributed by atoms with Crippen molar-refractivity contribution in [3.05, 3.63) is 0 Å². The molecule has 0 aromatic carbocycles. The van der Waals surface area contributed by atoms with E-state index in [2.05, 4.69) is 12.2 Å². The lowest BCUT2D eigenvalue weighted by Gasteiger charge is -2.33. The first-order chi connectivity index (χ1) is 9.53. The fourth-order valence-electron chi connectivity index (χ4n) is 3.88. The lowest BCUT2D eigenvalue weighted by molar-refractivity contribution is -0.154. The molecule has 20 heavy (non-hydrogen) atoms. The van der Waals surface area contributed by atoms with Gasteiger partial charge in [-0.2, -0.15) is 0 Å². The molecule has 0 spiro atoms. The fourth-order valence-corrected chi connectivity index (χ4v) is 3.88. The van der Waals surface area contributed by atoms with E-state index >= 15 is 0 Å². The smallest absolute Gasteiger partial charge is 0.310 e. The van der Waals surface area contributed by atoms with E-state index in [9.17, 15) is 14.7 Å². The van der Waals surface area contributed by atoms with Crippen molar-refractivity contribution in [2.75, 3.05) is 0 Å². The van der Waals surface area contributed by atoms with Gasteiger partial charge < -0.3 is 10.4 Å². The van der Waals surface area contributed by atoms with E-state index < -0.39 is 11.4 Å². The summed E-state index contributed by atoms with van der Waals surface area (Å²) in [7, 11) is 0. The van der Waals surface area contributed by atoms with E-state index in [0.717, 1.165) is 19.3 Å². The first-order valence-electron chi connectivity index (χ1n) is 8.06. The Balaban J connectivity index is 1.89. The quantitative estimate of drug-likeness (QED) is 0.813. The van der Waals surface area contributed by atoms with Crippen LogP contribution in [0.25, 0.3) is 0 Å². The molecule has 4 nitrogen and oxygen atoms in total. The molecule has 1 amide bonds. The van der Waals surface area contributed by atoms with E-state index in [1.165, 1.54) is 25.7 Å². The van der Waals surface area contributed by atoms with Gasteiger partial charge in [0.25, 0.3) is 0 Å². The first-order valence-corrected chi connectivity index (χ1v) is 8.06. The molecule has 0 heterocycles. The van der Waals surface area contributed by atoms with E-state index in [1.54, 1.807) is 0 Å². The highest BCUT2D eigenvalue weighted by atomic mass is 16.4. The van der Waals surface area contributed by atoms with Crippen LogP contribution in [-0.2, 0) is 9.59 Å². The summed E-state index contributed by atoms with van der Waals surface area (Å²) in [5, 5.41) is 12.5. The second-order valence-corrected chi connectivity index (χ2v) is 6.72. The van der Waals surface area contributed by atoms with Crippen LogP contribution in [0.3, 0.4) is 0 Å². The highest BCUT2D eigenvalue weighted by molar-refractivity contribution is 5.85. The summed E-state index contributed by atoms with van der Waals surface area (Å²) in [5.41, 5.74) is -0.808. The summed E-state index contributed by atoms with van der Waals surface area (Å²) in [4.78, 5) is 23.8. The van der Waals surface area contributed by atoms with Crippen LogP contribution in [-0.4, -0.2) is 23.0 Å². The lowest BCUT2D eigenvalue weighted by Crippen LogP contribution is -2.43. The largest absolute Gasteiger partial charge is 0.481 e. The predicted octanol–water partition coefficient (Wildman–Crippen LogP) is 3.11. The van der Waals surface area contributed by atoms with Crippen LogP contribution in [0.15, 0.2) is 0 Å². The number of carbonyl (C=O) groups excluding carboxylic acids is 1. The molecular formula is C16H27NO3. The number of hydrogen-bond donors (Lipinski definition) is 2. The number of carboxylic acids is 1. The molecule has 1 atom stereocenters. The second-order valence-electron chi connectivity index (χ2n) is 6.72. The molecule has 4 heteroatoms. The summed E-state index contributed by atoms with van der Waals surface area (Å²) in [5.74, 6) is -0.291. The van der Waals surface area contributed by atoms with Crippen molar-refractivity contribution in [3.63, 3.8) is 0 Å². The SMILES string of the molecule is C[C@H](NC(=O)CC1(C(=O)O)CCCCC1)C1CCCC1. The fraction of sp³-hybridized carbons (Fsp3) is 0.875. The van der Waals surface area contributed by atoms with Crippen LogP contribution in [0.4, 0.5) is 0 Å². The van der Waals surface area contributed by atoms with Gasteiger partial charge in [-0.15, -0.1) is 0 Å². The molecule has 0 aromatic heterocycles. The standard InChI is InChI=1S/C16H27NO3/c1-12(13-7-3-4-8-13)17-14(18)11-16(15(19)20)9-5-2-6-10-16/h12-13H,2-11H2,1H3,(H,17,18)(H,19,20)/t12-/m0/s1. The van der Waals surface area contributed by atoms with Gasteiger partial charge in [0.2, 0.25) is 5.91 Å². The van der Waals surface area contributed by atoms with Gasteiger partial charge in [-0.3, -0.25) is 9.59 Å². The number of aliphatic carboxylic acids is 1. The van der Waals surface area contributed by atoms with Crippen LogP contribution < -0.4 is 5.32 Å². The minimum Gasteiger partial charge on any atom is -0.481 e. The zero-order valence-corrected chi connectivity index (χ0v) is 12.5. The molecule has 0 radical (unpaired) electrons. The van der Waals surface area contributed by atoms with Crippen molar-refractivity contribution >= 4 is 11.9 Å². The van der Waals surface area contributed by atoms with E-state index in [0.29, 0.717) is 18.8 Å². The molecule has 0 bridgehead atoms. The maximum Gasteiger partial charge on any atom is 0.310 e. The van der Waals surface area contributed by atoms with Crippen molar-refractivity contribution in [2.45, 2.75) is 77.2 Å².